The zero-order valence-corrected chi connectivity index (χ0v) is 11.1. The lowest BCUT2D eigenvalue weighted by Crippen LogP contribution is -2.31. The fourth-order valence-electron chi connectivity index (χ4n) is 2.57. The zero-order valence-electron chi connectivity index (χ0n) is 11.1. The summed E-state index contributed by atoms with van der Waals surface area (Å²) in [6, 6.07) is 6.17. The molecule has 0 aromatic heterocycles. The average molecular weight is 279 g/mol. The summed E-state index contributed by atoms with van der Waals surface area (Å²) in [5.41, 5.74) is 0.960. The third kappa shape index (κ3) is 3.79. The molecule has 0 bridgehead atoms. The van der Waals surface area contributed by atoms with Gasteiger partial charge in [-0.2, -0.15) is 0 Å². The molecule has 2 N–H and O–H groups in total. The van der Waals surface area contributed by atoms with Gasteiger partial charge < -0.3 is 10.4 Å². The molecular weight excluding hydrogens is 261 g/mol. The number of amides is 1. The first-order valence-corrected chi connectivity index (χ1v) is 6.81. The first-order valence-electron chi connectivity index (χ1n) is 6.81. The molecule has 108 valence electrons. The van der Waals surface area contributed by atoms with Crippen LogP contribution < -0.4 is 5.32 Å². The summed E-state index contributed by atoms with van der Waals surface area (Å²) < 4.78 is 12.7. The Morgan fingerprint density at radius 2 is 1.85 bits per heavy atom. The Balaban J connectivity index is 1.73. The molecule has 1 aromatic rings. The highest BCUT2D eigenvalue weighted by molar-refractivity contribution is 5.80. The molecule has 1 aromatic carbocycles. The maximum absolute atomic E-state index is 12.7. The van der Waals surface area contributed by atoms with E-state index in [0.29, 0.717) is 32.2 Å². The number of rotatable bonds is 5. The molecule has 2 rings (SSSR count). The third-order valence-electron chi connectivity index (χ3n) is 3.78. The van der Waals surface area contributed by atoms with Gasteiger partial charge in [-0.3, -0.25) is 9.59 Å². The van der Waals surface area contributed by atoms with Gasteiger partial charge >= 0.3 is 5.97 Å². The van der Waals surface area contributed by atoms with Gasteiger partial charge in [0.2, 0.25) is 5.91 Å². The van der Waals surface area contributed by atoms with Crippen LogP contribution in [0.4, 0.5) is 4.39 Å². The van der Waals surface area contributed by atoms with Gasteiger partial charge in [-0.1, -0.05) is 12.1 Å². The predicted octanol–water partition coefficient (Wildman–Crippen LogP) is 1.99. The normalized spacial score (nSPS) is 21.6. The van der Waals surface area contributed by atoms with Gasteiger partial charge in [-0.15, -0.1) is 0 Å². The lowest BCUT2D eigenvalue weighted by Gasteiger charge is -2.10. The lowest BCUT2D eigenvalue weighted by molar-refractivity contribution is -0.141. The summed E-state index contributed by atoms with van der Waals surface area (Å²) in [6.45, 7) is 0.485. The molecule has 1 aliphatic rings. The second kappa shape index (κ2) is 6.50. The number of benzene rings is 1. The summed E-state index contributed by atoms with van der Waals surface area (Å²) in [7, 11) is 0. The zero-order chi connectivity index (χ0) is 14.5. The van der Waals surface area contributed by atoms with Gasteiger partial charge in [-0.05, 0) is 43.4 Å². The molecule has 5 heteroatoms. The van der Waals surface area contributed by atoms with Crippen molar-refractivity contribution in [1.29, 1.82) is 0 Å². The number of halogens is 1. The number of nitrogens with one attached hydrogen (secondary N) is 1. The van der Waals surface area contributed by atoms with Crippen molar-refractivity contribution in [2.24, 2.45) is 11.8 Å². The van der Waals surface area contributed by atoms with Crippen LogP contribution in [0.2, 0.25) is 0 Å². The first kappa shape index (κ1) is 14.5. The quantitative estimate of drug-likeness (QED) is 0.866. The fraction of sp³-hybridized carbons (Fsp3) is 0.467. The van der Waals surface area contributed by atoms with E-state index in [-0.39, 0.29) is 23.6 Å². The minimum absolute atomic E-state index is 0.0733. The molecule has 1 saturated carbocycles. The number of carboxylic acid groups (broad SMARTS) is 1. The Hall–Kier alpha value is -1.91. The van der Waals surface area contributed by atoms with E-state index >= 15 is 0 Å². The van der Waals surface area contributed by atoms with E-state index in [4.69, 9.17) is 5.11 Å². The molecule has 0 saturated heterocycles. The average Bonchev–Trinajstić information content (AvgIpc) is 2.91. The van der Waals surface area contributed by atoms with Crippen molar-refractivity contribution in [2.45, 2.75) is 25.7 Å². The predicted molar refractivity (Wildman–Crippen MR) is 71.6 cm³/mol. The van der Waals surface area contributed by atoms with Gasteiger partial charge in [0.05, 0.1) is 5.92 Å². The highest BCUT2D eigenvalue weighted by Gasteiger charge is 2.33. The second-order valence-electron chi connectivity index (χ2n) is 5.21. The number of carbonyl (C=O) groups excluding carboxylic acids is 1. The number of aliphatic carboxylic acids is 1. The van der Waals surface area contributed by atoms with Crippen LogP contribution in [0.3, 0.4) is 0 Å². The van der Waals surface area contributed by atoms with Crippen molar-refractivity contribution in [3.8, 4) is 0 Å². The van der Waals surface area contributed by atoms with Gasteiger partial charge in [0.25, 0.3) is 0 Å². The lowest BCUT2D eigenvalue weighted by atomic mass is 10.0. The Morgan fingerprint density at radius 3 is 2.45 bits per heavy atom. The Bertz CT molecular complexity index is 486. The van der Waals surface area contributed by atoms with Crippen LogP contribution in [0.5, 0.6) is 0 Å². The van der Waals surface area contributed by atoms with E-state index in [0.717, 1.165) is 5.56 Å². The summed E-state index contributed by atoms with van der Waals surface area (Å²) >= 11 is 0. The largest absolute Gasteiger partial charge is 0.481 e. The smallest absolute Gasteiger partial charge is 0.306 e. The van der Waals surface area contributed by atoms with E-state index < -0.39 is 5.97 Å². The maximum Gasteiger partial charge on any atom is 0.306 e. The van der Waals surface area contributed by atoms with Crippen LogP contribution in [0.25, 0.3) is 0 Å². The standard InChI is InChI=1S/C15H18FNO3/c16-13-5-1-10(2-6-13)7-8-17-14(18)11-3-4-12(9-11)15(19)20/h1-2,5-6,11-12H,3-4,7-9H2,(H,17,18)(H,19,20). The molecule has 2 unspecified atom stereocenters. The fourth-order valence-corrected chi connectivity index (χ4v) is 2.57. The highest BCUT2D eigenvalue weighted by Crippen LogP contribution is 2.31. The van der Waals surface area contributed by atoms with Crippen molar-refractivity contribution in [3.63, 3.8) is 0 Å². The number of carbonyl (C=O) groups is 2. The molecule has 0 radical (unpaired) electrons. The molecular formula is C15H18FNO3. The van der Waals surface area contributed by atoms with Gasteiger partial charge in [0.1, 0.15) is 5.82 Å². The molecule has 4 nitrogen and oxygen atoms in total. The van der Waals surface area contributed by atoms with E-state index in [9.17, 15) is 14.0 Å². The van der Waals surface area contributed by atoms with Crippen LogP contribution in [-0.2, 0) is 16.0 Å². The van der Waals surface area contributed by atoms with E-state index in [1.54, 1.807) is 12.1 Å². The summed E-state index contributed by atoms with van der Waals surface area (Å²) in [5.74, 6) is -1.74. The molecule has 1 aliphatic carbocycles. The summed E-state index contributed by atoms with van der Waals surface area (Å²) in [4.78, 5) is 22.7. The molecule has 1 fully saturated rings. The monoisotopic (exact) mass is 279 g/mol. The molecule has 0 aliphatic heterocycles. The molecule has 0 spiro atoms. The Labute approximate surface area is 117 Å². The summed E-state index contributed by atoms with van der Waals surface area (Å²) in [6.07, 6.45) is 2.28. The van der Waals surface area contributed by atoms with Crippen LogP contribution in [-0.4, -0.2) is 23.5 Å². The van der Waals surface area contributed by atoms with E-state index in [1.165, 1.54) is 12.1 Å². The van der Waals surface area contributed by atoms with Crippen LogP contribution >= 0.6 is 0 Å². The van der Waals surface area contributed by atoms with Gasteiger partial charge in [0, 0.05) is 12.5 Å². The van der Waals surface area contributed by atoms with E-state index in [1.807, 2.05) is 0 Å². The molecule has 20 heavy (non-hydrogen) atoms. The maximum atomic E-state index is 12.7. The van der Waals surface area contributed by atoms with Crippen molar-refractivity contribution in [2.75, 3.05) is 6.54 Å². The number of carboxylic acids is 1. The number of hydrogen-bond acceptors (Lipinski definition) is 2. The molecule has 0 heterocycles. The minimum atomic E-state index is -0.813. The minimum Gasteiger partial charge on any atom is -0.481 e. The second-order valence-corrected chi connectivity index (χ2v) is 5.21. The van der Waals surface area contributed by atoms with E-state index in [2.05, 4.69) is 5.32 Å². The highest BCUT2D eigenvalue weighted by atomic mass is 19.1. The van der Waals surface area contributed by atoms with Crippen LogP contribution in [0.1, 0.15) is 24.8 Å². The van der Waals surface area contributed by atoms with Crippen molar-refractivity contribution in [3.05, 3.63) is 35.6 Å². The van der Waals surface area contributed by atoms with Crippen molar-refractivity contribution >= 4 is 11.9 Å². The van der Waals surface area contributed by atoms with Crippen molar-refractivity contribution < 1.29 is 19.1 Å². The van der Waals surface area contributed by atoms with Crippen LogP contribution in [0, 0.1) is 17.7 Å². The SMILES string of the molecule is O=C(O)C1CCC(C(=O)NCCc2ccc(F)cc2)C1. The molecule has 2 atom stereocenters. The number of hydrogen-bond donors (Lipinski definition) is 2. The Morgan fingerprint density at radius 1 is 1.20 bits per heavy atom. The van der Waals surface area contributed by atoms with Gasteiger partial charge in [-0.25, -0.2) is 4.39 Å². The molecule has 1 amide bonds. The van der Waals surface area contributed by atoms with Crippen LogP contribution in [0.15, 0.2) is 24.3 Å². The van der Waals surface area contributed by atoms with Gasteiger partial charge in [0.15, 0.2) is 0 Å². The topological polar surface area (TPSA) is 66.4 Å². The summed E-state index contributed by atoms with van der Waals surface area (Å²) in [5, 5.41) is 11.7. The first-order chi connectivity index (χ1) is 9.56. The van der Waals surface area contributed by atoms with Crippen molar-refractivity contribution in [1.82, 2.24) is 5.32 Å². The third-order valence-corrected chi connectivity index (χ3v) is 3.78. The Kier molecular flexibility index (Phi) is 4.71.